The number of benzene rings is 2. The molecule has 0 heterocycles. The number of nitrogens with one attached hydrogen (secondary N) is 1. The van der Waals surface area contributed by atoms with E-state index in [0.29, 0.717) is 5.56 Å². The Labute approximate surface area is 192 Å². The molecule has 2 aromatic rings. The Morgan fingerprint density at radius 2 is 1.55 bits per heavy atom. The van der Waals surface area contributed by atoms with Gasteiger partial charge < -0.3 is 24.2 Å². The summed E-state index contributed by atoms with van der Waals surface area (Å²) < 4.78 is 28.3. The first-order valence-electron chi connectivity index (χ1n) is 10.5. The molecular formula is C23H28NO8P. The van der Waals surface area contributed by atoms with E-state index in [1.165, 1.54) is 12.1 Å². The molecule has 2 aromatic carbocycles. The Balaban J connectivity index is 1.95. The first-order chi connectivity index (χ1) is 15.8. The first kappa shape index (κ1) is 26.3. The van der Waals surface area contributed by atoms with Crippen LogP contribution in [0, 0.1) is 0 Å². The lowest BCUT2D eigenvalue weighted by Gasteiger charge is -2.17. The van der Waals surface area contributed by atoms with Crippen LogP contribution in [0.5, 0.6) is 0 Å². The fourth-order valence-electron chi connectivity index (χ4n) is 2.91. The molecule has 178 valence electrons. The average molecular weight is 477 g/mol. The van der Waals surface area contributed by atoms with Crippen LogP contribution in [0.15, 0.2) is 54.6 Å². The van der Waals surface area contributed by atoms with Crippen molar-refractivity contribution < 1.29 is 37.8 Å². The largest absolute Gasteiger partial charge is 0.480 e. The van der Waals surface area contributed by atoms with E-state index in [1.807, 2.05) is 6.07 Å². The number of carbonyl (C=O) groups is 3. The summed E-state index contributed by atoms with van der Waals surface area (Å²) in [5.41, 5.74) is 1.58. The van der Waals surface area contributed by atoms with Gasteiger partial charge in [-0.1, -0.05) is 42.5 Å². The van der Waals surface area contributed by atoms with Crippen LogP contribution < -0.4 is 5.32 Å². The highest BCUT2D eigenvalue weighted by molar-refractivity contribution is 7.53. The Bertz CT molecular complexity index is 968. The van der Waals surface area contributed by atoms with Crippen LogP contribution in [0.25, 0.3) is 0 Å². The van der Waals surface area contributed by atoms with Crippen molar-refractivity contribution in [1.29, 1.82) is 0 Å². The minimum atomic E-state index is -3.29. The van der Waals surface area contributed by atoms with Crippen molar-refractivity contribution >= 4 is 25.4 Å². The fraction of sp³-hybridized carbons (Fsp3) is 0.348. The fourth-order valence-corrected chi connectivity index (χ4v) is 4.61. The van der Waals surface area contributed by atoms with Gasteiger partial charge in [0.15, 0.2) is 0 Å². The van der Waals surface area contributed by atoms with Gasteiger partial charge in [-0.3, -0.25) is 14.2 Å². The van der Waals surface area contributed by atoms with Crippen molar-refractivity contribution in [2.24, 2.45) is 0 Å². The van der Waals surface area contributed by atoms with E-state index in [2.05, 4.69) is 5.32 Å². The van der Waals surface area contributed by atoms with Gasteiger partial charge in [0, 0.05) is 5.56 Å². The Morgan fingerprint density at radius 3 is 2.09 bits per heavy atom. The number of ether oxygens (including phenoxy) is 1. The van der Waals surface area contributed by atoms with Gasteiger partial charge >= 0.3 is 19.5 Å². The molecule has 1 amide bonds. The standard InChI is InChI=1S/C23H28NO8P/c1-3-31-33(29,32-4-2)16-18-10-12-19(13-11-18)22(26)24-20(23(27)28)14-21(25)30-15-17-8-6-5-7-9-17/h5-13,20H,3-4,14-16H2,1-2H3,(H,24,26)(H,27,28)/t20-/m0/s1. The van der Waals surface area contributed by atoms with Crippen LogP contribution in [0.1, 0.15) is 41.8 Å². The number of hydrogen-bond donors (Lipinski definition) is 2. The van der Waals surface area contributed by atoms with Gasteiger partial charge in [0.2, 0.25) is 0 Å². The summed E-state index contributed by atoms with van der Waals surface area (Å²) in [5.74, 6) is -2.77. The highest BCUT2D eigenvalue weighted by atomic mass is 31.2. The molecule has 9 nitrogen and oxygen atoms in total. The minimum Gasteiger partial charge on any atom is -0.480 e. The molecule has 0 aliphatic carbocycles. The van der Waals surface area contributed by atoms with E-state index in [1.54, 1.807) is 50.2 Å². The molecule has 1 atom stereocenters. The van der Waals surface area contributed by atoms with Crippen molar-refractivity contribution in [3.63, 3.8) is 0 Å². The molecule has 0 unspecified atom stereocenters. The van der Waals surface area contributed by atoms with E-state index in [-0.39, 0.29) is 31.5 Å². The zero-order valence-corrected chi connectivity index (χ0v) is 19.5. The van der Waals surface area contributed by atoms with Crippen molar-refractivity contribution in [1.82, 2.24) is 5.32 Å². The molecular weight excluding hydrogens is 449 g/mol. The molecule has 0 spiro atoms. The van der Waals surface area contributed by atoms with E-state index in [9.17, 15) is 24.1 Å². The molecule has 10 heteroatoms. The quantitative estimate of drug-likeness (QED) is 0.330. The maximum Gasteiger partial charge on any atom is 0.335 e. The lowest BCUT2D eigenvalue weighted by Crippen LogP contribution is -2.42. The molecule has 0 saturated heterocycles. The van der Waals surface area contributed by atoms with Crippen LogP contribution in [-0.4, -0.2) is 42.2 Å². The van der Waals surface area contributed by atoms with Gasteiger partial charge in [0.1, 0.15) is 12.6 Å². The molecule has 0 radical (unpaired) electrons. The van der Waals surface area contributed by atoms with Gasteiger partial charge in [0.05, 0.1) is 25.8 Å². The molecule has 0 bridgehead atoms. The van der Waals surface area contributed by atoms with Crippen LogP contribution in [-0.2, 0) is 40.7 Å². The molecule has 0 saturated carbocycles. The SMILES string of the molecule is CCOP(=O)(Cc1ccc(C(=O)N[C@@H](CC(=O)OCc2ccccc2)C(=O)O)cc1)OCC. The molecule has 0 aliphatic heterocycles. The van der Waals surface area contributed by atoms with Gasteiger partial charge in [-0.05, 0) is 37.1 Å². The van der Waals surface area contributed by atoms with Gasteiger partial charge in [-0.15, -0.1) is 0 Å². The summed E-state index contributed by atoms with van der Waals surface area (Å²) in [6.07, 6.45) is -0.473. The number of carboxylic acid groups (broad SMARTS) is 1. The Hall–Kier alpha value is -3.00. The van der Waals surface area contributed by atoms with Crippen LogP contribution >= 0.6 is 7.60 Å². The molecule has 0 aliphatic rings. The van der Waals surface area contributed by atoms with Crippen molar-refractivity contribution in [3.8, 4) is 0 Å². The molecule has 0 fully saturated rings. The summed E-state index contributed by atoms with van der Waals surface area (Å²) >= 11 is 0. The van der Waals surface area contributed by atoms with E-state index in [4.69, 9.17) is 13.8 Å². The molecule has 2 rings (SSSR count). The topological polar surface area (TPSA) is 128 Å². The van der Waals surface area contributed by atoms with Crippen LogP contribution in [0.4, 0.5) is 0 Å². The second kappa shape index (κ2) is 12.9. The van der Waals surface area contributed by atoms with Gasteiger partial charge in [-0.25, -0.2) is 4.79 Å². The van der Waals surface area contributed by atoms with E-state index < -0.39 is 37.9 Å². The van der Waals surface area contributed by atoms with E-state index >= 15 is 0 Å². The average Bonchev–Trinajstić information content (AvgIpc) is 2.78. The number of aliphatic carboxylic acids is 1. The summed E-state index contributed by atoms with van der Waals surface area (Å²) in [5, 5.41) is 11.7. The molecule has 33 heavy (non-hydrogen) atoms. The number of hydrogen-bond acceptors (Lipinski definition) is 7. The monoisotopic (exact) mass is 477 g/mol. The summed E-state index contributed by atoms with van der Waals surface area (Å²) in [6.45, 7) is 3.92. The van der Waals surface area contributed by atoms with Crippen LogP contribution in [0.2, 0.25) is 0 Å². The lowest BCUT2D eigenvalue weighted by molar-refractivity contribution is -0.150. The highest BCUT2D eigenvalue weighted by Crippen LogP contribution is 2.51. The predicted molar refractivity (Wildman–Crippen MR) is 121 cm³/mol. The summed E-state index contributed by atoms with van der Waals surface area (Å²) in [4.78, 5) is 36.1. The highest BCUT2D eigenvalue weighted by Gasteiger charge is 2.26. The second-order valence-electron chi connectivity index (χ2n) is 7.02. The van der Waals surface area contributed by atoms with Crippen molar-refractivity contribution in [2.75, 3.05) is 13.2 Å². The normalized spacial score (nSPS) is 12.1. The second-order valence-corrected chi connectivity index (χ2v) is 9.07. The Kier molecular flexibility index (Phi) is 10.3. The van der Waals surface area contributed by atoms with Crippen molar-refractivity contribution in [3.05, 3.63) is 71.3 Å². The summed E-state index contributed by atoms with van der Waals surface area (Å²) in [7, 11) is -3.29. The number of carbonyl (C=O) groups excluding carboxylic acids is 2. The lowest BCUT2D eigenvalue weighted by atomic mass is 10.1. The minimum absolute atomic E-state index is 0.00870. The van der Waals surface area contributed by atoms with E-state index in [0.717, 1.165) is 5.56 Å². The molecule has 0 aromatic heterocycles. The number of carboxylic acids is 1. The first-order valence-corrected chi connectivity index (χ1v) is 12.2. The number of amides is 1. The third-order valence-corrected chi connectivity index (χ3v) is 6.52. The third-order valence-electron chi connectivity index (χ3n) is 4.46. The summed E-state index contributed by atoms with van der Waals surface area (Å²) in [6, 6.07) is 13.6. The zero-order chi connectivity index (χ0) is 24.3. The van der Waals surface area contributed by atoms with Crippen LogP contribution in [0.3, 0.4) is 0 Å². The predicted octanol–water partition coefficient (Wildman–Crippen LogP) is 3.77. The third kappa shape index (κ3) is 8.81. The van der Waals surface area contributed by atoms with Gasteiger partial charge in [0.25, 0.3) is 5.91 Å². The zero-order valence-electron chi connectivity index (χ0n) is 18.6. The maximum absolute atomic E-state index is 12.6. The number of rotatable bonds is 13. The Morgan fingerprint density at radius 1 is 0.939 bits per heavy atom. The smallest absolute Gasteiger partial charge is 0.335 e. The van der Waals surface area contributed by atoms with Gasteiger partial charge in [-0.2, -0.15) is 0 Å². The molecule has 2 N–H and O–H groups in total. The number of esters is 1. The maximum atomic E-state index is 12.6. The van der Waals surface area contributed by atoms with Crippen molar-refractivity contribution in [2.45, 2.75) is 39.1 Å².